The molecule has 122 valence electrons. The number of ether oxygens (including phenoxy) is 1. The molecule has 23 heavy (non-hydrogen) atoms. The molecule has 0 saturated carbocycles. The molecule has 6 heteroatoms. The summed E-state index contributed by atoms with van der Waals surface area (Å²) in [6, 6.07) is 0. The van der Waals surface area contributed by atoms with Crippen LogP contribution >= 0.6 is 11.3 Å². The molecule has 1 aliphatic rings. The maximum atomic E-state index is 12.3. The van der Waals surface area contributed by atoms with Crippen LogP contribution < -0.4 is 5.56 Å². The highest BCUT2D eigenvalue weighted by atomic mass is 32.1. The number of nitrogens with one attached hydrogen (secondary N) is 1. The lowest BCUT2D eigenvalue weighted by Crippen LogP contribution is -2.22. The predicted molar refractivity (Wildman–Crippen MR) is 90.7 cm³/mol. The van der Waals surface area contributed by atoms with E-state index in [-0.39, 0.29) is 17.4 Å². The molecule has 0 aromatic carbocycles. The molecule has 0 radical (unpaired) electrons. The number of hydrogen-bond acceptors (Lipinski definition) is 5. The number of carbonyl (C=O) groups is 1. The molecule has 3 rings (SSSR count). The zero-order chi connectivity index (χ0) is 16.6. The van der Waals surface area contributed by atoms with Crippen molar-refractivity contribution in [3.63, 3.8) is 0 Å². The van der Waals surface area contributed by atoms with E-state index >= 15 is 0 Å². The van der Waals surface area contributed by atoms with Crippen molar-refractivity contribution in [1.29, 1.82) is 0 Å². The van der Waals surface area contributed by atoms with Crippen LogP contribution in [0.4, 0.5) is 0 Å². The van der Waals surface area contributed by atoms with Crippen LogP contribution in [0.25, 0.3) is 10.2 Å². The second-order valence-electron chi connectivity index (χ2n) is 5.98. The lowest BCUT2D eigenvalue weighted by molar-refractivity contribution is -0.154. The fourth-order valence-corrected chi connectivity index (χ4v) is 3.83. The molecule has 0 saturated heterocycles. The third-order valence-electron chi connectivity index (χ3n) is 4.34. The van der Waals surface area contributed by atoms with Gasteiger partial charge in [0.1, 0.15) is 4.83 Å². The van der Waals surface area contributed by atoms with Crippen molar-refractivity contribution in [3.8, 4) is 0 Å². The van der Waals surface area contributed by atoms with Gasteiger partial charge in [-0.2, -0.15) is 0 Å². The van der Waals surface area contributed by atoms with Crippen LogP contribution in [0.1, 0.15) is 48.6 Å². The molecule has 1 aliphatic carbocycles. The summed E-state index contributed by atoms with van der Waals surface area (Å²) in [5.74, 6) is 0.0933. The van der Waals surface area contributed by atoms with Crippen LogP contribution in [0.3, 0.4) is 0 Å². The number of hydrogen-bond donors (Lipinski definition) is 1. The number of allylic oxidation sites excluding steroid dienone is 2. The third-order valence-corrected chi connectivity index (χ3v) is 5.44. The number of aromatic amines is 1. The fourth-order valence-electron chi connectivity index (χ4n) is 2.80. The Bertz CT molecular complexity index is 834. The molecule has 2 atom stereocenters. The Morgan fingerprint density at radius 1 is 1.43 bits per heavy atom. The van der Waals surface area contributed by atoms with Gasteiger partial charge in [-0.3, -0.25) is 9.59 Å². The fraction of sp³-hybridized carbons (Fsp3) is 0.471. The Balaban J connectivity index is 1.83. The molecule has 2 aromatic rings. The van der Waals surface area contributed by atoms with E-state index in [1.807, 2.05) is 19.9 Å². The number of H-pyrrole nitrogens is 1. The maximum absolute atomic E-state index is 12.3. The van der Waals surface area contributed by atoms with E-state index in [1.165, 1.54) is 11.3 Å². The highest BCUT2D eigenvalue weighted by Gasteiger charge is 2.24. The van der Waals surface area contributed by atoms with E-state index in [2.05, 4.69) is 16.0 Å². The van der Waals surface area contributed by atoms with Crippen molar-refractivity contribution >= 4 is 27.5 Å². The minimum Gasteiger partial charge on any atom is -0.454 e. The number of aryl methyl sites for hydroxylation is 2. The van der Waals surface area contributed by atoms with E-state index in [1.54, 1.807) is 6.92 Å². The smallest absolute Gasteiger partial charge is 0.309 e. The van der Waals surface area contributed by atoms with Gasteiger partial charge >= 0.3 is 5.97 Å². The first-order chi connectivity index (χ1) is 11.0. The highest BCUT2D eigenvalue weighted by Crippen LogP contribution is 2.27. The van der Waals surface area contributed by atoms with E-state index in [0.29, 0.717) is 16.0 Å². The van der Waals surface area contributed by atoms with Gasteiger partial charge < -0.3 is 9.72 Å². The van der Waals surface area contributed by atoms with Crippen molar-refractivity contribution in [2.24, 2.45) is 5.92 Å². The van der Waals surface area contributed by atoms with Gasteiger partial charge in [0.15, 0.2) is 11.9 Å². The quantitative estimate of drug-likeness (QED) is 0.689. The van der Waals surface area contributed by atoms with Crippen molar-refractivity contribution in [1.82, 2.24) is 9.97 Å². The Morgan fingerprint density at radius 3 is 2.91 bits per heavy atom. The average Bonchev–Trinajstić information content (AvgIpc) is 2.83. The van der Waals surface area contributed by atoms with Gasteiger partial charge in [-0.1, -0.05) is 12.2 Å². The average molecular weight is 332 g/mol. The van der Waals surface area contributed by atoms with Crippen molar-refractivity contribution in [3.05, 3.63) is 38.8 Å². The SMILES string of the molecule is Cc1sc2nc([C@@H](C)OC(=O)[C@@H]3CC=CCC3)[nH]c(=O)c2c1C. The number of rotatable bonds is 3. The molecule has 1 N–H and O–H groups in total. The molecule has 0 bridgehead atoms. The first-order valence-electron chi connectivity index (χ1n) is 7.82. The van der Waals surface area contributed by atoms with Gasteiger partial charge in [0.05, 0.1) is 11.3 Å². The van der Waals surface area contributed by atoms with Gasteiger partial charge in [-0.25, -0.2) is 4.98 Å². The molecule has 0 aliphatic heterocycles. The zero-order valence-corrected chi connectivity index (χ0v) is 14.3. The number of thiophene rings is 1. The summed E-state index contributed by atoms with van der Waals surface area (Å²) in [5.41, 5.74) is 0.791. The second kappa shape index (κ2) is 6.28. The normalized spacial score (nSPS) is 19.0. The number of aromatic nitrogens is 2. The lowest BCUT2D eigenvalue weighted by atomic mass is 9.95. The van der Waals surface area contributed by atoms with E-state index in [4.69, 9.17) is 4.74 Å². The molecule has 2 heterocycles. The molecular weight excluding hydrogens is 312 g/mol. The predicted octanol–water partition coefficient (Wildman–Crippen LogP) is 3.56. The molecule has 5 nitrogen and oxygen atoms in total. The van der Waals surface area contributed by atoms with Crippen LogP contribution in [-0.2, 0) is 9.53 Å². The minimum atomic E-state index is -0.562. The molecular formula is C17H20N2O3S. The van der Waals surface area contributed by atoms with Gasteiger partial charge in [0, 0.05) is 4.88 Å². The van der Waals surface area contributed by atoms with Gasteiger partial charge in [-0.05, 0) is 45.6 Å². The van der Waals surface area contributed by atoms with Crippen molar-refractivity contribution < 1.29 is 9.53 Å². The monoisotopic (exact) mass is 332 g/mol. The van der Waals surface area contributed by atoms with Crippen LogP contribution in [0, 0.1) is 19.8 Å². The number of carbonyl (C=O) groups excluding carboxylic acids is 1. The Hall–Kier alpha value is -1.95. The van der Waals surface area contributed by atoms with Gasteiger partial charge in [-0.15, -0.1) is 11.3 Å². The van der Waals surface area contributed by atoms with Crippen LogP contribution in [0.2, 0.25) is 0 Å². The largest absolute Gasteiger partial charge is 0.454 e. The van der Waals surface area contributed by atoms with Crippen molar-refractivity contribution in [2.75, 3.05) is 0 Å². The molecule has 0 spiro atoms. The third kappa shape index (κ3) is 3.08. The van der Waals surface area contributed by atoms with E-state index in [0.717, 1.165) is 29.7 Å². The Labute approximate surface area is 138 Å². The zero-order valence-electron chi connectivity index (χ0n) is 13.5. The van der Waals surface area contributed by atoms with E-state index < -0.39 is 6.10 Å². The van der Waals surface area contributed by atoms with Crippen LogP contribution in [-0.4, -0.2) is 15.9 Å². The Kier molecular flexibility index (Phi) is 4.35. The van der Waals surface area contributed by atoms with Crippen LogP contribution in [0.15, 0.2) is 16.9 Å². The Morgan fingerprint density at radius 2 is 2.22 bits per heavy atom. The minimum absolute atomic E-state index is 0.0934. The lowest BCUT2D eigenvalue weighted by Gasteiger charge is -2.19. The summed E-state index contributed by atoms with van der Waals surface area (Å²) in [7, 11) is 0. The van der Waals surface area contributed by atoms with Crippen molar-refractivity contribution in [2.45, 2.75) is 46.1 Å². The summed E-state index contributed by atoms with van der Waals surface area (Å²) in [4.78, 5) is 33.5. The number of fused-ring (bicyclic) bond motifs is 1. The summed E-state index contributed by atoms with van der Waals surface area (Å²) in [5, 5.41) is 0.632. The first-order valence-corrected chi connectivity index (χ1v) is 8.64. The summed E-state index contributed by atoms with van der Waals surface area (Å²) in [6.07, 6.45) is 5.98. The summed E-state index contributed by atoms with van der Waals surface area (Å²) in [6.45, 7) is 5.64. The molecule has 2 aromatic heterocycles. The number of nitrogens with zero attached hydrogens (tertiary/aromatic N) is 1. The summed E-state index contributed by atoms with van der Waals surface area (Å²) >= 11 is 1.49. The molecule has 0 fully saturated rings. The highest BCUT2D eigenvalue weighted by molar-refractivity contribution is 7.18. The second-order valence-corrected chi connectivity index (χ2v) is 7.18. The molecule has 0 unspecified atom stereocenters. The van der Waals surface area contributed by atoms with Gasteiger partial charge in [0.25, 0.3) is 5.56 Å². The number of esters is 1. The summed E-state index contributed by atoms with van der Waals surface area (Å²) < 4.78 is 5.52. The van der Waals surface area contributed by atoms with E-state index in [9.17, 15) is 9.59 Å². The van der Waals surface area contributed by atoms with Crippen LogP contribution in [0.5, 0.6) is 0 Å². The topological polar surface area (TPSA) is 72.0 Å². The standard InChI is InChI=1S/C17H20N2O3S/c1-9-11(3)23-16-13(9)15(20)18-14(19-16)10(2)22-17(21)12-7-5-4-6-8-12/h4-5,10,12H,6-8H2,1-3H3,(H,18,19,20)/t10-,12-/m1/s1. The first kappa shape index (κ1) is 15.9. The maximum Gasteiger partial charge on any atom is 0.309 e. The van der Waals surface area contributed by atoms with Gasteiger partial charge in [0.2, 0.25) is 0 Å². The molecule has 0 amide bonds.